The monoisotopic (exact) mass is 280 g/mol. The van der Waals surface area contributed by atoms with Crippen LogP contribution in [0.1, 0.15) is 10.4 Å². The number of rotatable bonds is 3. The fourth-order valence-corrected chi connectivity index (χ4v) is 1.46. The number of hydrogen-bond acceptors (Lipinski definition) is 5. The maximum atomic E-state index is 13.1. The van der Waals surface area contributed by atoms with E-state index in [9.17, 15) is 13.6 Å². The third-order valence-corrected chi connectivity index (χ3v) is 2.38. The van der Waals surface area contributed by atoms with Gasteiger partial charge in [-0.05, 0) is 18.2 Å². The topological polar surface area (TPSA) is 74.4 Å². The molecule has 0 radical (unpaired) electrons. The van der Waals surface area contributed by atoms with E-state index >= 15 is 0 Å². The molecule has 2 aromatic rings. The minimum absolute atomic E-state index is 0.00803. The van der Waals surface area contributed by atoms with Crippen LogP contribution in [0.2, 0.25) is 0 Å². The van der Waals surface area contributed by atoms with Crippen LogP contribution >= 0.6 is 0 Å². The molecular formula is C13H10F2N2O3. The second kappa shape index (κ2) is 5.52. The van der Waals surface area contributed by atoms with Crippen molar-refractivity contribution in [1.82, 2.24) is 4.98 Å². The number of pyridine rings is 1. The predicted octanol–water partition coefficient (Wildman–Crippen LogP) is 2.52. The third kappa shape index (κ3) is 2.82. The molecule has 0 fully saturated rings. The highest BCUT2D eigenvalue weighted by molar-refractivity contribution is 5.92. The lowest BCUT2D eigenvalue weighted by Gasteiger charge is -2.09. The molecular weight excluding hydrogens is 270 g/mol. The molecule has 0 bridgehead atoms. The summed E-state index contributed by atoms with van der Waals surface area (Å²) in [5.74, 6) is -2.90. The molecule has 7 heteroatoms. The Morgan fingerprint density at radius 2 is 2.00 bits per heavy atom. The minimum Gasteiger partial charge on any atom is -0.465 e. The van der Waals surface area contributed by atoms with E-state index < -0.39 is 17.6 Å². The van der Waals surface area contributed by atoms with Crippen molar-refractivity contribution in [3.05, 3.63) is 47.7 Å². The molecule has 104 valence electrons. The molecule has 20 heavy (non-hydrogen) atoms. The second-order valence-corrected chi connectivity index (χ2v) is 3.79. The summed E-state index contributed by atoms with van der Waals surface area (Å²) in [6.07, 6.45) is 1.27. The SMILES string of the molecule is COC(=O)c1cc(N)cnc1Oc1ccc(F)c(F)c1. The zero-order valence-corrected chi connectivity index (χ0v) is 10.4. The van der Waals surface area contributed by atoms with Gasteiger partial charge in [0.15, 0.2) is 11.6 Å². The van der Waals surface area contributed by atoms with Gasteiger partial charge in [-0.15, -0.1) is 0 Å². The highest BCUT2D eigenvalue weighted by Crippen LogP contribution is 2.26. The van der Waals surface area contributed by atoms with Crippen LogP contribution < -0.4 is 10.5 Å². The highest BCUT2D eigenvalue weighted by atomic mass is 19.2. The summed E-state index contributed by atoms with van der Waals surface area (Å²) in [6.45, 7) is 0. The van der Waals surface area contributed by atoms with Gasteiger partial charge in [0.25, 0.3) is 0 Å². The van der Waals surface area contributed by atoms with E-state index in [0.29, 0.717) is 0 Å². The molecule has 0 spiro atoms. The summed E-state index contributed by atoms with van der Waals surface area (Å²) in [4.78, 5) is 15.4. The summed E-state index contributed by atoms with van der Waals surface area (Å²) in [7, 11) is 1.19. The number of methoxy groups -OCH3 is 1. The average Bonchev–Trinajstić information content (AvgIpc) is 2.44. The summed E-state index contributed by atoms with van der Waals surface area (Å²) < 4.78 is 35.7. The Morgan fingerprint density at radius 3 is 2.65 bits per heavy atom. The molecule has 2 N–H and O–H groups in total. The number of carbonyl (C=O) groups is 1. The van der Waals surface area contributed by atoms with Crippen molar-refractivity contribution in [2.75, 3.05) is 12.8 Å². The van der Waals surface area contributed by atoms with Gasteiger partial charge >= 0.3 is 5.97 Å². The third-order valence-electron chi connectivity index (χ3n) is 2.38. The van der Waals surface area contributed by atoms with Gasteiger partial charge in [0, 0.05) is 6.07 Å². The van der Waals surface area contributed by atoms with E-state index in [1.165, 1.54) is 25.4 Å². The molecule has 0 saturated heterocycles. The van der Waals surface area contributed by atoms with Crippen molar-refractivity contribution in [2.45, 2.75) is 0 Å². The number of esters is 1. The standard InChI is InChI=1S/C13H10F2N2O3/c1-19-13(18)9-4-7(16)6-17-12(9)20-8-2-3-10(14)11(15)5-8/h2-6H,16H2,1H3. The number of anilines is 1. The van der Waals surface area contributed by atoms with Crippen LogP contribution in [0.15, 0.2) is 30.5 Å². The molecule has 1 aromatic carbocycles. The molecule has 0 unspecified atom stereocenters. The van der Waals surface area contributed by atoms with E-state index in [0.717, 1.165) is 12.1 Å². The first kappa shape index (κ1) is 13.7. The molecule has 0 amide bonds. The number of aromatic nitrogens is 1. The Balaban J connectivity index is 2.37. The van der Waals surface area contributed by atoms with E-state index in [1.807, 2.05) is 0 Å². The maximum Gasteiger partial charge on any atom is 0.343 e. The molecule has 0 saturated carbocycles. The first-order valence-electron chi connectivity index (χ1n) is 5.48. The highest BCUT2D eigenvalue weighted by Gasteiger charge is 2.16. The summed E-state index contributed by atoms with van der Waals surface area (Å²) in [5, 5.41) is 0. The Kier molecular flexibility index (Phi) is 3.79. The number of nitrogen functional groups attached to an aromatic ring is 1. The normalized spacial score (nSPS) is 10.2. The van der Waals surface area contributed by atoms with Crippen molar-refractivity contribution in [2.24, 2.45) is 0 Å². The van der Waals surface area contributed by atoms with Gasteiger partial charge in [-0.1, -0.05) is 0 Å². The number of benzene rings is 1. The first-order chi connectivity index (χ1) is 9.51. The van der Waals surface area contributed by atoms with E-state index in [1.54, 1.807) is 0 Å². The number of halogens is 2. The molecule has 5 nitrogen and oxygen atoms in total. The molecule has 1 aromatic heterocycles. The lowest BCUT2D eigenvalue weighted by atomic mass is 10.2. The Bertz CT molecular complexity index is 662. The van der Waals surface area contributed by atoms with Crippen molar-refractivity contribution in [3.63, 3.8) is 0 Å². The van der Waals surface area contributed by atoms with Crippen LogP contribution in [0.4, 0.5) is 14.5 Å². The Morgan fingerprint density at radius 1 is 1.25 bits per heavy atom. The zero-order chi connectivity index (χ0) is 14.7. The lowest BCUT2D eigenvalue weighted by Crippen LogP contribution is -2.06. The Hall–Kier alpha value is -2.70. The maximum absolute atomic E-state index is 13.1. The molecule has 0 aliphatic heterocycles. The summed E-state index contributed by atoms with van der Waals surface area (Å²) in [5.41, 5.74) is 5.74. The van der Waals surface area contributed by atoms with Crippen LogP contribution in [0.25, 0.3) is 0 Å². The molecule has 0 atom stereocenters. The largest absolute Gasteiger partial charge is 0.465 e. The van der Waals surface area contributed by atoms with Gasteiger partial charge in [-0.25, -0.2) is 18.6 Å². The van der Waals surface area contributed by atoms with Crippen molar-refractivity contribution < 1.29 is 23.0 Å². The van der Waals surface area contributed by atoms with Crippen LogP contribution in [-0.2, 0) is 4.74 Å². The van der Waals surface area contributed by atoms with Crippen molar-refractivity contribution >= 4 is 11.7 Å². The summed E-state index contributed by atoms with van der Waals surface area (Å²) in [6, 6.07) is 4.26. The van der Waals surface area contributed by atoms with Crippen LogP contribution in [0, 0.1) is 11.6 Å². The molecule has 2 rings (SSSR count). The zero-order valence-electron chi connectivity index (χ0n) is 10.4. The Labute approximate surface area is 112 Å². The van der Waals surface area contributed by atoms with Gasteiger partial charge in [0.1, 0.15) is 11.3 Å². The van der Waals surface area contributed by atoms with Crippen LogP contribution in [0.5, 0.6) is 11.6 Å². The predicted molar refractivity (Wildman–Crippen MR) is 66.4 cm³/mol. The first-order valence-corrected chi connectivity index (χ1v) is 5.48. The van der Waals surface area contributed by atoms with Crippen molar-refractivity contribution in [3.8, 4) is 11.6 Å². The number of nitrogens with two attached hydrogens (primary N) is 1. The summed E-state index contributed by atoms with van der Waals surface area (Å²) >= 11 is 0. The van der Waals surface area contributed by atoms with Gasteiger partial charge in [0.05, 0.1) is 19.0 Å². The number of nitrogens with zero attached hydrogens (tertiary/aromatic N) is 1. The van der Waals surface area contributed by atoms with E-state index in [2.05, 4.69) is 9.72 Å². The van der Waals surface area contributed by atoms with E-state index in [4.69, 9.17) is 10.5 Å². The van der Waals surface area contributed by atoms with Gasteiger partial charge in [-0.2, -0.15) is 0 Å². The van der Waals surface area contributed by atoms with Gasteiger partial charge in [0.2, 0.25) is 5.88 Å². The second-order valence-electron chi connectivity index (χ2n) is 3.79. The minimum atomic E-state index is -1.07. The number of hydrogen-bond donors (Lipinski definition) is 1. The average molecular weight is 280 g/mol. The fourth-order valence-electron chi connectivity index (χ4n) is 1.46. The lowest BCUT2D eigenvalue weighted by molar-refractivity contribution is 0.0597. The molecule has 0 aliphatic carbocycles. The quantitative estimate of drug-likeness (QED) is 0.874. The molecule has 1 heterocycles. The fraction of sp³-hybridized carbons (Fsp3) is 0.0769. The number of ether oxygens (including phenoxy) is 2. The van der Waals surface area contributed by atoms with Gasteiger partial charge < -0.3 is 15.2 Å². The number of carbonyl (C=O) groups excluding carboxylic acids is 1. The van der Waals surface area contributed by atoms with Crippen molar-refractivity contribution in [1.29, 1.82) is 0 Å². The van der Waals surface area contributed by atoms with E-state index in [-0.39, 0.29) is 22.9 Å². The van der Waals surface area contributed by atoms with Crippen LogP contribution in [-0.4, -0.2) is 18.1 Å². The molecule has 0 aliphatic rings. The van der Waals surface area contributed by atoms with Gasteiger partial charge in [-0.3, -0.25) is 0 Å². The van der Waals surface area contributed by atoms with Crippen LogP contribution in [0.3, 0.4) is 0 Å². The smallest absolute Gasteiger partial charge is 0.343 e.